The van der Waals surface area contributed by atoms with Crippen LogP contribution in [0.5, 0.6) is 0 Å². The minimum atomic E-state index is 0. The SMILES string of the molecule is Cc1cc(Nc2ncn(-c3ccccn3)n2)nc(N2CC(N3CCOCC3)C2)c1.[HH]. The molecule has 0 aliphatic carbocycles. The second-order valence-electron chi connectivity index (χ2n) is 7.42. The van der Waals surface area contributed by atoms with E-state index in [2.05, 4.69) is 43.2 Å². The van der Waals surface area contributed by atoms with E-state index in [1.54, 1.807) is 17.2 Å². The first-order valence-corrected chi connectivity index (χ1v) is 9.90. The minimum absolute atomic E-state index is 0. The van der Waals surface area contributed by atoms with Crippen LogP contribution in [0.25, 0.3) is 5.82 Å². The van der Waals surface area contributed by atoms with Crippen molar-refractivity contribution in [3.63, 3.8) is 0 Å². The molecular weight excluding hydrogens is 368 g/mol. The van der Waals surface area contributed by atoms with Crippen LogP contribution >= 0.6 is 0 Å². The second-order valence-corrected chi connectivity index (χ2v) is 7.42. The summed E-state index contributed by atoms with van der Waals surface area (Å²) in [5.41, 5.74) is 1.15. The molecule has 2 saturated heterocycles. The molecule has 2 fully saturated rings. The van der Waals surface area contributed by atoms with Gasteiger partial charge in [-0.1, -0.05) is 6.07 Å². The number of aromatic nitrogens is 5. The van der Waals surface area contributed by atoms with Crippen LogP contribution in [0.4, 0.5) is 17.6 Å². The monoisotopic (exact) mass is 394 g/mol. The van der Waals surface area contributed by atoms with Gasteiger partial charge in [-0.25, -0.2) is 14.6 Å². The van der Waals surface area contributed by atoms with Gasteiger partial charge in [0.15, 0.2) is 5.82 Å². The average molecular weight is 394 g/mol. The van der Waals surface area contributed by atoms with Crippen LogP contribution in [-0.4, -0.2) is 75.1 Å². The third-order valence-corrected chi connectivity index (χ3v) is 5.32. The van der Waals surface area contributed by atoms with Gasteiger partial charge in [-0.15, -0.1) is 5.10 Å². The lowest BCUT2D eigenvalue weighted by atomic mass is 10.1. The van der Waals surface area contributed by atoms with E-state index in [0.717, 1.165) is 62.4 Å². The molecule has 2 aliphatic heterocycles. The van der Waals surface area contributed by atoms with E-state index in [4.69, 9.17) is 9.72 Å². The molecule has 29 heavy (non-hydrogen) atoms. The normalized spacial score (nSPS) is 17.9. The molecule has 9 heteroatoms. The molecule has 5 heterocycles. The fraction of sp³-hybridized carbons (Fsp3) is 0.400. The molecule has 3 aromatic rings. The number of nitrogens with one attached hydrogen (secondary N) is 1. The van der Waals surface area contributed by atoms with E-state index in [9.17, 15) is 0 Å². The van der Waals surface area contributed by atoms with Crippen molar-refractivity contribution in [2.75, 3.05) is 49.6 Å². The molecule has 152 valence electrons. The average Bonchev–Trinajstić information content (AvgIpc) is 3.16. The second kappa shape index (κ2) is 7.76. The number of hydrogen-bond donors (Lipinski definition) is 1. The highest BCUT2D eigenvalue weighted by molar-refractivity contribution is 5.56. The molecule has 0 spiro atoms. The van der Waals surface area contributed by atoms with Gasteiger partial charge < -0.3 is 15.0 Å². The quantitative estimate of drug-likeness (QED) is 0.702. The Morgan fingerprint density at radius 1 is 1.10 bits per heavy atom. The molecular formula is C20H26N8O. The zero-order valence-corrected chi connectivity index (χ0v) is 16.4. The topological polar surface area (TPSA) is 84.2 Å². The van der Waals surface area contributed by atoms with Gasteiger partial charge in [-0.05, 0) is 36.8 Å². The Labute approximate surface area is 170 Å². The van der Waals surface area contributed by atoms with Gasteiger partial charge in [0.1, 0.15) is 18.0 Å². The Bertz CT molecular complexity index is 970. The summed E-state index contributed by atoms with van der Waals surface area (Å²) in [5.74, 6) is 2.95. The van der Waals surface area contributed by atoms with Gasteiger partial charge in [0, 0.05) is 39.8 Å². The number of rotatable bonds is 5. The number of aryl methyl sites for hydroxylation is 1. The molecule has 2 aliphatic rings. The Morgan fingerprint density at radius 3 is 2.76 bits per heavy atom. The van der Waals surface area contributed by atoms with E-state index >= 15 is 0 Å². The number of pyridine rings is 2. The van der Waals surface area contributed by atoms with Crippen LogP contribution < -0.4 is 10.2 Å². The van der Waals surface area contributed by atoms with Crippen LogP contribution in [0.15, 0.2) is 42.9 Å². The van der Waals surface area contributed by atoms with E-state index < -0.39 is 0 Å². The van der Waals surface area contributed by atoms with Gasteiger partial charge in [-0.2, -0.15) is 4.98 Å². The van der Waals surface area contributed by atoms with Crippen LogP contribution in [0.1, 0.15) is 6.99 Å². The summed E-state index contributed by atoms with van der Waals surface area (Å²) in [4.78, 5) is 18.2. The number of nitrogens with zero attached hydrogens (tertiary/aromatic N) is 7. The fourth-order valence-corrected chi connectivity index (χ4v) is 3.73. The third kappa shape index (κ3) is 3.92. The molecule has 9 nitrogen and oxygen atoms in total. The third-order valence-electron chi connectivity index (χ3n) is 5.32. The Morgan fingerprint density at radius 2 is 1.97 bits per heavy atom. The molecule has 1 N–H and O–H groups in total. The van der Waals surface area contributed by atoms with Crippen molar-refractivity contribution >= 4 is 17.6 Å². The van der Waals surface area contributed by atoms with Gasteiger partial charge in [0.25, 0.3) is 0 Å². The predicted molar refractivity (Wildman–Crippen MR) is 112 cm³/mol. The van der Waals surface area contributed by atoms with Crippen molar-refractivity contribution in [1.82, 2.24) is 29.6 Å². The zero-order chi connectivity index (χ0) is 19.6. The first-order chi connectivity index (χ1) is 14.2. The Hall–Kier alpha value is -3.04. The summed E-state index contributed by atoms with van der Waals surface area (Å²) in [7, 11) is 0. The summed E-state index contributed by atoms with van der Waals surface area (Å²) >= 11 is 0. The maximum absolute atomic E-state index is 5.45. The van der Waals surface area contributed by atoms with E-state index in [1.165, 1.54) is 0 Å². The molecule has 3 aromatic heterocycles. The van der Waals surface area contributed by atoms with E-state index in [1.807, 2.05) is 24.3 Å². The van der Waals surface area contributed by atoms with Gasteiger partial charge >= 0.3 is 0 Å². The summed E-state index contributed by atoms with van der Waals surface area (Å²) in [6, 6.07) is 10.4. The first kappa shape index (κ1) is 18.0. The summed E-state index contributed by atoms with van der Waals surface area (Å²) in [5, 5.41) is 7.66. The van der Waals surface area contributed by atoms with Gasteiger partial charge in [-0.3, -0.25) is 4.90 Å². The highest BCUT2D eigenvalue weighted by Gasteiger charge is 2.33. The van der Waals surface area contributed by atoms with Crippen LogP contribution in [0.2, 0.25) is 0 Å². The lowest BCUT2D eigenvalue weighted by molar-refractivity contribution is 0.0104. The van der Waals surface area contributed by atoms with Gasteiger partial charge in [0.05, 0.1) is 13.2 Å². The van der Waals surface area contributed by atoms with Crippen molar-refractivity contribution < 1.29 is 6.16 Å². The van der Waals surface area contributed by atoms with Crippen molar-refractivity contribution in [2.45, 2.75) is 13.0 Å². The molecule has 0 aromatic carbocycles. The zero-order valence-electron chi connectivity index (χ0n) is 16.4. The summed E-state index contributed by atoms with van der Waals surface area (Å²) < 4.78 is 7.09. The Kier molecular flexibility index (Phi) is 4.82. The van der Waals surface area contributed by atoms with Crippen LogP contribution in [0, 0.1) is 6.92 Å². The lowest BCUT2D eigenvalue weighted by Gasteiger charge is -2.47. The van der Waals surface area contributed by atoms with Crippen LogP contribution in [-0.2, 0) is 4.74 Å². The standard InChI is InChI=1S/C20H24N8O.H2/c1-15-10-17(24-20-22-14-28(25-20)18-4-2-3-5-21-18)23-19(11-15)27-12-16(13-27)26-6-8-29-9-7-26;/h2-5,10-11,14,16H,6-9,12-13H2,1H3,(H,23,24,25);1H. The minimum Gasteiger partial charge on any atom is -0.379 e. The molecule has 0 saturated carbocycles. The number of ether oxygens (including phenoxy) is 1. The fourth-order valence-electron chi connectivity index (χ4n) is 3.73. The molecule has 0 atom stereocenters. The molecule has 0 unspecified atom stereocenters. The van der Waals surface area contributed by atoms with Crippen molar-refractivity contribution in [3.8, 4) is 5.82 Å². The smallest absolute Gasteiger partial charge is 0.248 e. The Balaban J connectivity index is 0.00000218. The van der Waals surface area contributed by atoms with Gasteiger partial charge in [0.2, 0.25) is 5.95 Å². The van der Waals surface area contributed by atoms with E-state index in [-0.39, 0.29) is 1.43 Å². The van der Waals surface area contributed by atoms with Crippen molar-refractivity contribution in [2.24, 2.45) is 0 Å². The van der Waals surface area contributed by atoms with E-state index in [0.29, 0.717) is 12.0 Å². The highest BCUT2D eigenvalue weighted by atomic mass is 16.5. The number of morpholine rings is 1. The largest absolute Gasteiger partial charge is 0.379 e. The van der Waals surface area contributed by atoms with Crippen molar-refractivity contribution in [3.05, 3.63) is 48.4 Å². The van der Waals surface area contributed by atoms with Crippen molar-refractivity contribution in [1.29, 1.82) is 0 Å². The first-order valence-electron chi connectivity index (χ1n) is 9.90. The predicted octanol–water partition coefficient (Wildman–Crippen LogP) is 1.88. The molecule has 0 radical (unpaired) electrons. The number of anilines is 3. The number of hydrogen-bond acceptors (Lipinski definition) is 8. The summed E-state index contributed by atoms with van der Waals surface area (Å²) in [6.07, 6.45) is 3.37. The van der Waals surface area contributed by atoms with Crippen LogP contribution in [0.3, 0.4) is 0 Å². The lowest BCUT2D eigenvalue weighted by Crippen LogP contribution is -2.61. The maximum Gasteiger partial charge on any atom is 0.248 e. The summed E-state index contributed by atoms with van der Waals surface area (Å²) in [6.45, 7) is 7.81. The maximum atomic E-state index is 5.45. The highest BCUT2D eigenvalue weighted by Crippen LogP contribution is 2.26. The molecule has 0 amide bonds. The molecule has 0 bridgehead atoms. The molecule has 5 rings (SSSR count).